The van der Waals surface area contributed by atoms with Gasteiger partial charge in [0, 0.05) is 17.3 Å². The number of halogens is 1. The Morgan fingerprint density at radius 2 is 2.00 bits per heavy atom. The lowest BCUT2D eigenvalue weighted by Crippen LogP contribution is -2.28. The van der Waals surface area contributed by atoms with Crippen LogP contribution in [0.25, 0.3) is 0 Å². The van der Waals surface area contributed by atoms with Crippen molar-refractivity contribution >= 4 is 27.5 Å². The van der Waals surface area contributed by atoms with Crippen LogP contribution in [-0.4, -0.2) is 26.8 Å². The van der Waals surface area contributed by atoms with Crippen LogP contribution in [0, 0.1) is 0 Å². The summed E-state index contributed by atoms with van der Waals surface area (Å²) >= 11 is 3.34. The van der Waals surface area contributed by atoms with Gasteiger partial charge in [-0.3, -0.25) is 14.6 Å². The SMILES string of the molecule is C/C(=N\NC(=O)CCc1n[nH]c(=O)[nH]c1=O)c1ccc(Br)cc1. The average molecular weight is 380 g/mol. The molecule has 0 aliphatic heterocycles. The van der Waals surface area contributed by atoms with Gasteiger partial charge in [-0.1, -0.05) is 28.1 Å². The fourth-order valence-electron chi connectivity index (χ4n) is 1.73. The van der Waals surface area contributed by atoms with E-state index >= 15 is 0 Å². The molecule has 3 N–H and O–H groups in total. The van der Waals surface area contributed by atoms with Crippen molar-refractivity contribution in [2.45, 2.75) is 19.8 Å². The Morgan fingerprint density at radius 1 is 1.30 bits per heavy atom. The Labute approximate surface area is 139 Å². The Kier molecular flexibility index (Phi) is 5.58. The average Bonchev–Trinajstić information content (AvgIpc) is 2.52. The minimum absolute atomic E-state index is 0.0270. The van der Waals surface area contributed by atoms with E-state index in [-0.39, 0.29) is 24.4 Å². The van der Waals surface area contributed by atoms with Crippen LogP contribution in [0.2, 0.25) is 0 Å². The number of hydrogen-bond acceptors (Lipinski definition) is 5. The first-order valence-corrected chi connectivity index (χ1v) is 7.52. The van der Waals surface area contributed by atoms with Gasteiger partial charge in [-0.25, -0.2) is 15.3 Å². The van der Waals surface area contributed by atoms with Gasteiger partial charge in [0.2, 0.25) is 5.91 Å². The number of hydrazone groups is 1. The third-order valence-corrected chi connectivity index (χ3v) is 3.51. The predicted molar refractivity (Wildman–Crippen MR) is 88.3 cm³/mol. The highest BCUT2D eigenvalue weighted by Crippen LogP contribution is 2.11. The van der Waals surface area contributed by atoms with Gasteiger partial charge >= 0.3 is 5.69 Å². The zero-order valence-corrected chi connectivity index (χ0v) is 13.8. The topological polar surface area (TPSA) is 120 Å². The van der Waals surface area contributed by atoms with Crippen LogP contribution in [0.5, 0.6) is 0 Å². The molecule has 1 aromatic heterocycles. The zero-order chi connectivity index (χ0) is 16.8. The van der Waals surface area contributed by atoms with Gasteiger partial charge in [0.15, 0.2) is 0 Å². The van der Waals surface area contributed by atoms with E-state index in [4.69, 9.17) is 0 Å². The molecule has 1 heterocycles. The predicted octanol–water partition coefficient (Wildman–Crippen LogP) is 0.694. The summed E-state index contributed by atoms with van der Waals surface area (Å²) in [5, 5.41) is 9.73. The molecule has 8 nitrogen and oxygen atoms in total. The lowest BCUT2D eigenvalue weighted by Gasteiger charge is -2.03. The van der Waals surface area contributed by atoms with Gasteiger partial charge in [-0.15, -0.1) is 0 Å². The first-order chi connectivity index (χ1) is 11.0. The van der Waals surface area contributed by atoms with E-state index in [1.165, 1.54) is 0 Å². The van der Waals surface area contributed by atoms with Gasteiger partial charge in [-0.05, 0) is 24.6 Å². The van der Waals surface area contributed by atoms with E-state index in [1.54, 1.807) is 6.92 Å². The highest BCUT2D eigenvalue weighted by Gasteiger charge is 2.07. The molecule has 0 atom stereocenters. The highest BCUT2D eigenvalue weighted by molar-refractivity contribution is 9.10. The monoisotopic (exact) mass is 379 g/mol. The summed E-state index contributed by atoms with van der Waals surface area (Å²) in [7, 11) is 0. The molecule has 9 heteroatoms. The molecule has 1 amide bonds. The van der Waals surface area contributed by atoms with Crippen molar-refractivity contribution in [1.82, 2.24) is 20.6 Å². The quantitative estimate of drug-likeness (QED) is 0.522. The number of aromatic amines is 2. The van der Waals surface area contributed by atoms with Crippen LogP contribution in [-0.2, 0) is 11.2 Å². The van der Waals surface area contributed by atoms with Crippen molar-refractivity contribution in [2.24, 2.45) is 5.10 Å². The number of carbonyl (C=O) groups excluding carboxylic acids is 1. The summed E-state index contributed by atoms with van der Waals surface area (Å²) in [6, 6.07) is 7.51. The molecule has 0 radical (unpaired) electrons. The van der Waals surface area contributed by atoms with Crippen molar-refractivity contribution in [1.29, 1.82) is 0 Å². The van der Waals surface area contributed by atoms with Crippen molar-refractivity contribution in [2.75, 3.05) is 0 Å². The third kappa shape index (κ3) is 4.99. The lowest BCUT2D eigenvalue weighted by molar-refractivity contribution is -0.121. The minimum atomic E-state index is -0.682. The van der Waals surface area contributed by atoms with Crippen molar-refractivity contribution in [3.8, 4) is 0 Å². The second-order valence-electron chi connectivity index (χ2n) is 4.69. The fourth-order valence-corrected chi connectivity index (χ4v) is 2.00. The Hall–Kier alpha value is -2.55. The van der Waals surface area contributed by atoms with Crippen LogP contribution in [0.15, 0.2) is 43.4 Å². The molecule has 0 bridgehead atoms. The summed E-state index contributed by atoms with van der Waals surface area (Å²) in [6.45, 7) is 1.78. The summed E-state index contributed by atoms with van der Waals surface area (Å²) in [5.74, 6) is -0.353. The van der Waals surface area contributed by atoms with E-state index < -0.39 is 11.2 Å². The van der Waals surface area contributed by atoms with Crippen LogP contribution in [0.1, 0.15) is 24.6 Å². The van der Waals surface area contributed by atoms with Gasteiger partial charge < -0.3 is 0 Å². The van der Waals surface area contributed by atoms with Crippen molar-refractivity contribution < 1.29 is 4.79 Å². The summed E-state index contributed by atoms with van der Waals surface area (Å²) in [4.78, 5) is 36.1. The third-order valence-electron chi connectivity index (χ3n) is 2.98. The first kappa shape index (κ1) is 16.8. The van der Waals surface area contributed by atoms with Gasteiger partial charge in [0.05, 0.1) is 5.71 Å². The van der Waals surface area contributed by atoms with E-state index in [2.05, 4.69) is 36.7 Å². The number of amides is 1. The fraction of sp³-hybridized carbons (Fsp3) is 0.214. The molecule has 0 aliphatic carbocycles. The number of hydrogen-bond donors (Lipinski definition) is 3. The number of rotatable bonds is 5. The number of carbonyl (C=O) groups is 1. The summed E-state index contributed by atoms with van der Waals surface area (Å²) < 4.78 is 0.955. The number of nitrogens with zero attached hydrogens (tertiary/aromatic N) is 2. The molecule has 1 aromatic carbocycles. The van der Waals surface area contributed by atoms with E-state index in [0.29, 0.717) is 5.71 Å². The molecule has 2 rings (SSSR count). The maximum atomic E-state index is 11.7. The first-order valence-electron chi connectivity index (χ1n) is 6.72. The molecule has 0 saturated carbocycles. The molecule has 2 aromatic rings. The smallest absolute Gasteiger partial charge is 0.273 e. The second-order valence-corrected chi connectivity index (χ2v) is 5.61. The van der Waals surface area contributed by atoms with Crippen molar-refractivity contribution in [3.05, 3.63) is 60.8 Å². The number of aromatic nitrogens is 3. The molecule has 0 aliphatic rings. The lowest BCUT2D eigenvalue weighted by atomic mass is 10.1. The Morgan fingerprint density at radius 3 is 2.65 bits per heavy atom. The van der Waals surface area contributed by atoms with E-state index in [9.17, 15) is 14.4 Å². The van der Waals surface area contributed by atoms with Gasteiger partial charge in [0.25, 0.3) is 5.56 Å². The molecular formula is C14H14BrN5O3. The zero-order valence-electron chi connectivity index (χ0n) is 12.2. The molecular weight excluding hydrogens is 366 g/mol. The van der Waals surface area contributed by atoms with Crippen LogP contribution in [0.4, 0.5) is 0 Å². The van der Waals surface area contributed by atoms with Gasteiger partial charge in [0.1, 0.15) is 5.69 Å². The van der Waals surface area contributed by atoms with Crippen LogP contribution >= 0.6 is 15.9 Å². The molecule has 120 valence electrons. The second kappa shape index (κ2) is 7.63. The highest BCUT2D eigenvalue weighted by atomic mass is 79.9. The Bertz CT molecular complexity index is 838. The summed E-state index contributed by atoms with van der Waals surface area (Å²) in [6.07, 6.45) is 0.129. The number of nitrogens with one attached hydrogen (secondary N) is 3. The number of aryl methyl sites for hydroxylation is 1. The summed E-state index contributed by atoms with van der Waals surface area (Å²) in [5.41, 5.74) is 2.77. The van der Waals surface area contributed by atoms with E-state index in [1.807, 2.05) is 29.2 Å². The maximum Gasteiger partial charge on any atom is 0.342 e. The maximum absolute atomic E-state index is 11.7. The molecule has 0 fully saturated rings. The molecule has 23 heavy (non-hydrogen) atoms. The standard InChI is InChI=1S/C14H14BrN5O3/c1-8(9-2-4-10(15)5-3-9)17-19-12(21)7-6-11-13(22)16-14(23)20-18-11/h2-5H,6-7H2,1H3,(H,19,21)(H2,16,20,22,23)/b17-8+. The minimum Gasteiger partial charge on any atom is -0.273 e. The number of H-pyrrole nitrogens is 2. The van der Waals surface area contributed by atoms with Crippen molar-refractivity contribution in [3.63, 3.8) is 0 Å². The largest absolute Gasteiger partial charge is 0.342 e. The normalized spacial score (nSPS) is 11.3. The van der Waals surface area contributed by atoms with Crippen LogP contribution in [0.3, 0.4) is 0 Å². The number of benzene rings is 1. The van der Waals surface area contributed by atoms with Gasteiger partial charge in [-0.2, -0.15) is 10.2 Å². The Balaban J connectivity index is 1.91. The van der Waals surface area contributed by atoms with E-state index in [0.717, 1.165) is 10.0 Å². The molecule has 0 spiro atoms. The van der Waals surface area contributed by atoms with Crippen LogP contribution < -0.4 is 16.7 Å². The molecule has 0 unspecified atom stereocenters. The molecule has 0 saturated heterocycles.